The Balaban J connectivity index is 1.13. The Morgan fingerprint density at radius 1 is 0.781 bits per heavy atom. The molecular weight excluding hydrogens is 398 g/mol. The van der Waals surface area contributed by atoms with E-state index in [0.29, 0.717) is 6.42 Å². The standard InChI is InChI=1S/C26H31N5O/c32-26(19-21-10-12-23(13-11-21)22-7-3-1-4-8-22)30-17-15-29(16-18-30)20-25-28-27-24-9-5-2-6-14-31(24)25/h1,3-4,7-8,10-13H,2,5-6,9,14-20H2. The second-order valence-corrected chi connectivity index (χ2v) is 8.89. The van der Waals surface area contributed by atoms with Gasteiger partial charge in [-0.2, -0.15) is 0 Å². The molecule has 0 bridgehead atoms. The lowest BCUT2D eigenvalue weighted by atomic mass is 10.0. The fraction of sp³-hybridized carbons (Fsp3) is 0.423. The highest BCUT2D eigenvalue weighted by atomic mass is 16.2. The second-order valence-electron chi connectivity index (χ2n) is 8.89. The Kier molecular flexibility index (Phi) is 6.30. The number of benzene rings is 2. The van der Waals surface area contributed by atoms with Crippen LogP contribution in [0.2, 0.25) is 0 Å². The van der Waals surface area contributed by atoms with Crippen LogP contribution in [0.5, 0.6) is 0 Å². The number of fused-ring (bicyclic) bond motifs is 1. The third-order valence-electron chi connectivity index (χ3n) is 6.69. The van der Waals surface area contributed by atoms with Gasteiger partial charge in [0.2, 0.25) is 5.91 Å². The van der Waals surface area contributed by atoms with Crippen LogP contribution in [0, 0.1) is 0 Å². The van der Waals surface area contributed by atoms with E-state index in [1.54, 1.807) is 0 Å². The van der Waals surface area contributed by atoms with Gasteiger partial charge in [-0.3, -0.25) is 9.69 Å². The lowest BCUT2D eigenvalue weighted by molar-refractivity contribution is -0.132. The van der Waals surface area contributed by atoms with Gasteiger partial charge in [-0.1, -0.05) is 61.0 Å². The van der Waals surface area contributed by atoms with Crippen LogP contribution in [0.4, 0.5) is 0 Å². The van der Waals surface area contributed by atoms with Gasteiger partial charge in [0.25, 0.3) is 0 Å². The van der Waals surface area contributed by atoms with E-state index in [4.69, 9.17) is 0 Å². The van der Waals surface area contributed by atoms with E-state index in [-0.39, 0.29) is 5.91 Å². The highest BCUT2D eigenvalue weighted by Crippen LogP contribution is 2.20. The number of hydrogen-bond donors (Lipinski definition) is 0. The molecule has 0 atom stereocenters. The first-order valence-corrected chi connectivity index (χ1v) is 11.8. The molecule has 0 unspecified atom stereocenters. The summed E-state index contributed by atoms with van der Waals surface area (Å²) >= 11 is 0. The van der Waals surface area contributed by atoms with Gasteiger partial charge in [-0.25, -0.2) is 0 Å². The van der Waals surface area contributed by atoms with Gasteiger partial charge >= 0.3 is 0 Å². The molecule has 3 aromatic rings. The SMILES string of the molecule is O=C(Cc1ccc(-c2ccccc2)cc1)N1CCN(Cc2nnc3n2CCCCC3)CC1. The molecule has 1 fully saturated rings. The molecule has 0 N–H and O–H groups in total. The van der Waals surface area contributed by atoms with E-state index in [2.05, 4.69) is 56.1 Å². The summed E-state index contributed by atoms with van der Waals surface area (Å²) in [5.41, 5.74) is 3.45. The monoisotopic (exact) mass is 429 g/mol. The Morgan fingerprint density at radius 3 is 2.31 bits per heavy atom. The maximum atomic E-state index is 12.9. The summed E-state index contributed by atoms with van der Waals surface area (Å²) in [6.45, 7) is 5.21. The molecule has 1 aromatic heterocycles. The molecule has 166 valence electrons. The predicted octanol–water partition coefficient (Wildman–Crippen LogP) is 3.56. The average Bonchev–Trinajstić information content (AvgIpc) is 3.05. The lowest BCUT2D eigenvalue weighted by Gasteiger charge is -2.34. The average molecular weight is 430 g/mol. The summed E-state index contributed by atoms with van der Waals surface area (Å²) in [5, 5.41) is 8.88. The van der Waals surface area contributed by atoms with Crippen LogP contribution in [0.1, 0.15) is 36.5 Å². The molecule has 6 nitrogen and oxygen atoms in total. The topological polar surface area (TPSA) is 54.3 Å². The van der Waals surface area contributed by atoms with Crippen LogP contribution in [0.3, 0.4) is 0 Å². The number of carbonyl (C=O) groups is 1. The van der Waals surface area contributed by atoms with Gasteiger partial charge in [-0.15, -0.1) is 10.2 Å². The molecule has 0 saturated carbocycles. The first kappa shape index (κ1) is 20.9. The summed E-state index contributed by atoms with van der Waals surface area (Å²) in [4.78, 5) is 17.3. The number of amides is 1. The summed E-state index contributed by atoms with van der Waals surface area (Å²) in [5.74, 6) is 2.44. The largest absolute Gasteiger partial charge is 0.340 e. The van der Waals surface area contributed by atoms with Crippen molar-refractivity contribution in [3.05, 3.63) is 71.8 Å². The van der Waals surface area contributed by atoms with Crippen molar-refractivity contribution in [2.75, 3.05) is 26.2 Å². The third-order valence-corrected chi connectivity index (χ3v) is 6.69. The van der Waals surface area contributed by atoms with Gasteiger partial charge in [0.15, 0.2) is 0 Å². The van der Waals surface area contributed by atoms with Crippen LogP contribution in [-0.4, -0.2) is 56.7 Å². The third kappa shape index (κ3) is 4.75. The van der Waals surface area contributed by atoms with Crippen LogP contribution in [-0.2, 0) is 30.7 Å². The molecule has 2 aliphatic heterocycles. The number of aryl methyl sites for hydroxylation is 1. The Hall–Kier alpha value is -2.99. The molecular formula is C26H31N5O. The summed E-state index contributed by atoms with van der Waals surface area (Å²) in [6.07, 6.45) is 5.22. The zero-order valence-corrected chi connectivity index (χ0v) is 18.6. The van der Waals surface area contributed by atoms with E-state index in [0.717, 1.165) is 62.9 Å². The molecule has 2 aliphatic rings. The number of carbonyl (C=O) groups excluding carboxylic acids is 1. The molecule has 0 spiro atoms. The molecule has 2 aromatic carbocycles. The summed E-state index contributed by atoms with van der Waals surface area (Å²) in [7, 11) is 0. The van der Waals surface area contributed by atoms with Crippen molar-refractivity contribution in [2.24, 2.45) is 0 Å². The van der Waals surface area contributed by atoms with Crippen molar-refractivity contribution in [3.8, 4) is 11.1 Å². The Labute approximate surface area is 189 Å². The zero-order chi connectivity index (χ0) is 21.8. The quantitative estimate of drug-likeness (QED) is 0.622. The smallest absolute Gasteiger partial charge is 0.227 e. The van der Waals surface area contributed by atoms with Gasteiger partial charge in [-0.05, 0) is 29.5 Å². The number of hydrogen-bond acceptors (Lipinski definition) is 4. The van der Waals surface area contributed by atoms with Crippen molar-refractivity contribution in [3.63, 3.8) is 0 Å². The highest BCUT2D eigenvalue weighted by Gasteiger charge is 2.23. The fourth-order valence-corrected chi connectivity index (χ4v) is 4.75. The minimum Gasteiger partial charge on any atom is -0.340 e. The first-order valence-electron chi connectivity index (χ1n) is 11.8. The number of nitrogens with zero attached hydrogens (tertiary/aromatic N) is 5. The number of rotatable bonds is 5. The molecule has 6 heteroatoms. The Morgan fingerprint density at radius 2 is 1.53 bits per heavy atom. The van der Waals surface area contributed by atoms with Crippen LogP contribution in [0.15, 0.2) is 54.6 Å². The second kappa shape index (κ2) is 9.65. The lowest BCUT2D eigenvalue weighted by Crippen LogP contribution is -2.49. The van der Waals surface area contributed by atoms with Gasteiger partial charge in [0.05, 0.1) is 13.0 Å². The van der Waals surface area contributed by atoms with Crippen LogP contribution < -0.4 is 0 Å². The minimum atomic E-state index is 0.216. The van der Waals surface area contributed by atoms with Crippen LogP contribution in [0.25, 0.3) is 11.1 Å². The highest BCUT2D eigenvalue weighted by molar-refractivity contribution is 5.79. The number of aromatic nitrogens is 3. The van der Waals surface area contributed by atoms with Gasteiger partial charge in [0, 0.05) is 39.1 Å². The van der Waals surface area contributed by atoms with Crippen molar-refractivity contribution < 1.29 is 4.79 Å². The molecule has 0 aliphatic carbocycles. The summed E-state index contributed by atoms with van der Waals surface area (Å²) in [6, 6.07) is 18.7. The molecule has 32 heavy (non-hydrogen) atoms. The number of piperazine rings is 1. The van der Waals surface area contributed by atoms with E-state index in [1.165, 1.54) is 30.4 Å². The molecule has 1 amide bonds. The molecule has 3 heterocycles. The van der Waals surface area contributed by atoms with Crippen molar-refractivity contribution in [1.82, 2.24) is 24.6 Å². The molecule has 0 radical (unpaired) electrons. The Bertz CT molecular complexity index is 1040. The van der Waals surface area contributed by atoms with E-state index >= 15 is 0 Å². The van der Waals surface area contributed by atoms with Gasteiger partial charge in [0.1, 0.15) is 11.6 Å². The molecule has 1 saturated heterocycles. The predicted molar refractivity (Wildman–Crippen MR) is 125 cm³/mol. The van der Waals surface area contributed by atoms with Crippen LogP contribution >= 0.6 is 0 Å². The van der Waals surface area contributed by atoms with Crippen molar-refractivity contribution in [2.45, 2.75) is 45.2 Å². The van der Waals surface area contributed by atoms with Crippen molar-refractivity contribution in [1.29, 1.82) is 0 Å². The minimum absolute atomic E-state index is 0.216. The normalized spacial score (nSPS) is 17.1. The van der Waals surface area contributed by atoms with E-state index < -0.39 is 0 Å². The maximum absolute atomic E-state index is 12.9. The van der Waals surface area contributed by atoms with Crippen molar-refractivity contribution >= 4 is 5.91 Å². The molecule has 5 rings (SSSR count). The summed E-state index contributed by atoms with van der Waals surface area (Å²) < 4.78 is 2.32. The van der Waals surface area contributed by atoms with E-state index in [1.807, 2.05) is 23.1 Å². The first-order chi connectivity index (χ1) is 15.8. The van der Waals surface area contributed by atoms with E-state index in [9.17, 15) is 4.79 Å². The maximum Gasteiger partial charge on any atom is 0.227 e. The zero-order valence-electron chi connectivity index (χ0n) is 18.6. The van der Waals surface area contributed by atoms with Gasteiger partial charge < -0.3 is 9.47 Å². The fourth-order valence-electron chi connectivity index (χ4n) is 4.75.